The molecular weight excluding hydrogens is 450 g/mol. The van der Waals surface area contributed by atoms with Gasteiger partial charge < -0.3 is 9.47 Å². The molecule has 166 valence electrons. The molecule has 1 heterocycles. The maximum Gasteiger partial charge on any atom is 0.331 e. The fourth-order valence-corrected chi connectivity index (χ4v) is 4.49. The van der Waals surface area contributed by atoms with Crippen molar-refractivity contribution in [2.45, 2.75) is 11.8 Å². The van der Waals surface area contributed by atoms with Crippen molar-refractivity contribution in [2.24, 2.45) is 0 Å². The Balaban J connectivity index is 1.56. The van der Waals surface area contributed by atoms with Gasteiger partial charge in [0.05, 0.1) is 16.9 Å². The highest BCUT2D eigenvalue weighted by molar-refractivity contribution is 7.92. The molecule has 0 aliphatic carbocycles. The first-order chi connectivity index (χ1) is 15.3. The third-order valence-electron chi connectivity index (χ3n) is 4.31. The number of rotatable bonds is 9. The highest BCUT2D eigenvalue weighted by atomic mass is 32.2. The number of carbonyl (C=O) groups is 2. The van der Waals surface area contributed by atoms with Gasteiger partial charge in [0.1, 0.15) is 5.75 Å². The van der Waals surface area contributed by atoms with Gasteiger partial charge in [-0.25, -0.2) is 13.2 Å². The van der Waals surface area contributed by atoms with Crippen molar-refractivity contribution in [1.82, 2.24) is 0 Å². The van der Waals surface area contributed by atoms with Crippen LogP contribution in [0.15, 0.2) is 71.6 Å². The quantitative estimate of drug-likeness (QED) is 0.284. The van der Waals surface area contributed by atoms with E-state index in [2.05, 4.69) is 4.72 Å². The normalized spacial score (nSPS) is 11.3. The number of anilines is 1. The van der Waals surface area contributed by atoms with Gasteiger partial charge >= 0.3 is 5.97 Å². The molecule has 0 radical (unpaired) electrons. The highest BCUT2D eigenvalue weighted by Crippen LogP contribution is 2.20. The smallest absolute Gasteiger partial charge is 0.331 e. The van der Waals surface area contributed by atoms with Crippen LogP contribution in [0.1, 0.15) is 20.1 Å². The van der Waals surface area contributed by atoms with E-state index < -0.39 is 16.0 Å². The van der Waals surface area contributed by atoms with Crippen LogP contribution < -0.4 is 9.46 Å². The van der Waals surface area contributed by atoms with E-state index in [1.165, 1.54) is 42.7 Å². The third-order valence-corrected chi connectivity index (χ3v) is 6.74. The molecule has 0 atom stereocenters. The van der Waals surface area contributed by atoms with E-state index in [1.54, 1.807) is 42.5 Å². The fraction of sp³-hybridized carbons (Fsp3) is 0.130. The number of ether oxygens (including phenoxy) is 2. The Hall–Kier alpha value is -3.43. The lowest BCUT2D eigenvalue weighted by atomic mass is 10.2. The Kier molecular flexibility index (Phi) is 7.45. The summed E-state index contributed by atoms with van der Waals surface area (Å²) in [5, 5.41) is 0. The molecule has 0 unspecified atom stereocenters. The van der Waals surface area contributed by atoms with Gasteiger partial charge in [0, 0.05) is 16.6 Å². The number of esters is 1. The first kappa shape index (κ1) is 23.2. The number of ketones is 1. The zero-order valence-electron chi connectivity index (χ0n) is 17.4. The van der Waals surface area contributed by atoms with Gasteiger partial charge in [-0.2, -0.15) is 0 Å². The summed E-state index contributed by atoms with van der Waals surface area (Å²) < 4.78 is 37.6. The predicted molar refractivity (Wildman–Crippen MR) is 124 cm³/mol. The molecule has 1 N–H and O–H groups in total. The second-order valence-electron chi connectivity index (χ2n) is 6.68. The molecule has 0 aliphatic heterocycles. The van der Waals surface area contributed by atoms with E-state index in [9.17, 15) is 18.0 Å². The minimum absolute atomic E-state index is 0.0740. The van der Waals surface area contributed by atoms with Crippen molar-refractivity contribution in [3.63, 3.8) is 0 Å². The molecule has 0 aliphatic rings. The summed E-state index contributed by atoms with van der Waals surface area (Å²) in [6.45, 7) is 1.55. The molecule has 0 bridgehead atoms. The fourth-order valence-electron chi connectivity index (χ4n) is 2.64. The van der Waals surface area contributed by atoms with Crippen molar-refractivity contribution >= 4 is 44.9 Å². The molecular formula is C23H21NO6S2. The van der Waals surface area contributed by atoms with Crippen LogP contribution in [0.3, 0.4) is 0 Å². The van der Waals surface area contributed by atoms with Gasteiger partial charge in [-0.05, 0) is 67.1 Å². The summed E-state index contributed by atoms with van der Waals surface area (Å²) in [6, 6.07) is 16.0. The number of hydrogen-bond donors (Lipinski definition) is 1. The van der Waals surface area contributed by atoms with Crippen molar-refractivity contribution < 1.29 is 27.5 Å². The molecule has 3 rings (SSSR count). The molecule has 0 spiro atoms. The number of benzene rings is 2. The number of carbonyl (C=O) groups excluding carboxylic acids is 2. The predicted octanol–water partition coefficient (Wildman–Crippen LogP) is 4.31. The summed E-state index contributed by atoms with van der Waals surface area (Å²) in [5.74, 6) is -0.304. The van der Waals surface area contributed by atoms with E-state index in [0.29, 0.717) is 21.9 Å². The molecule has 0 fully saturated rings. The summed E-state index contributed by atoms with van der Waals surface area (Å²) in [5.41, 5.74) is 1.01. The van der Waals surface area contributed by atoms with Gasteiger partial charge in [0.15, 0.2) is 6.61 Å². The van der Waals surface area contributed by atoms with Crippen molar-refractivity contribution in [3.8, 4) is 5.75 Å². The van der Waals surface area contributed by atoms with E-state index in [0.717, 1.165) is 4.88 Å². The highest BCUT2D eigenvalue weighted by Gasteiger charge is 2.14. The van der Waals surface area contributed by atoms with Crippen LogP contribution in [0.25, 0.3) is 6.08 Å². The Morgan fingerprint density at radius 3 is 2.28 bits per heavy atom. The van der Waals surface area contributed by atoms with Gasteiger partial charge in [-0.1, -0.05) is 12.1 Å². The Morgan fingerprint density at radius 1 is 1.00 bits per heavy atom. The van der Waals surface area contributed by atoms with E-state index in [-0.39, 0.29) is 17.3 Å². The first-order valence-electron chi connectivity index (χ1n) is 9.48. The molecule has 7 nitrogen and oxygen atoms in total. The van der Waals surface area contributed by atoms with Crippen molar-refractivity contribution in [3.05, 3.63) is 82.1 Å². The van der Waals surface area contributed by atoms with Crippen LogP contribution in [0.5, 0.6) is 5.75 Å². The minimum Gasteiger partial charge on any atom is -0.497 e. The van der Waals surface area contributed by atoms with Crippen LogP contribution in [-0.4, -0.2) is 33.9 Å². The molecule has 1 aromatic heterocycles. The van der Waals surface area contributed by atoms with E-state index in [1.807, 2.05) is 13.0 Å². The summed E-state index contributed by atoms with van der Waals surface area (Å²) in [7, 11) is -2.24. The average Bonchev–Trinajstić information content (AvgIpc) is 3.23. The molecule has 0 saturated carbocycles. The largest absolute Gasteiger partial charge is 0.497 e. The topological polar surface area (TPSA) is 98.8 Å². The maximum absolute atomic E-state index is 12.5. The van der Waals surface area contributed by atoms with E-state index in [4.69, 9.17) is 9.47 Å². The SMILES string of the molecule is COc1ccc(NS(=O)(=O)c2ccc(/C=C/C(=O)OCC(=O)c3ccc(C)s3)cc2)cc1. The van der Waals surface area contributed by atoms with Crippen LogP contribution >= 0.6 is 11.3 Å². The Morgan fingerprint density at radius 2 is 1.69 bits per heavy atom. The second-order valence-corrected chi connectivity index (χ2v) is 9.65. The van der Waals surface area contributed by atoms with Crippen LogP contribution in [0, 0.1) is 6.92 Å². The monoisotopic (exact) mass is 471 g/mol. The van der Waals surface area contributed by atoms with Crippen LogP contribution in [-0.2, 0) is 19.6 Å². The molecule has 0 amide bonds. The van der Waals surface area contributed by atoms with Gasteiger partial charge in [0.25, 0.3) is 10.0 Å². The summed E-state index contributed by atoms with van der Waals surface area (Å²) >= 11 is 1.34. The lowest BCUT2D eigenvalue weighted by Gasteiger charge is -2.09. The number of hydrogen-bond acceptors (Lipinski definition) is 7. The zero-order valence-corrected chi connectivity index (χ0v) is 19.0. The number of thiophene rings is 1. The van der Waals surface area contributed by atoms with Gasteiger partial charge in [0.2, 0.25) is 5.78 Å². The number of sulfonamides is 1. The maximum atomic E-state index is 12.5. The Labute approximate surface area is 190 Å². The van der Waals surface area contributed by atoms with Crippen LogP contribution in [0.4, 0.5) is 5.69 Å². The lowest BCUT2D eigenvalue weighted by Crippen LogP contribution is -2.12. The standard InChI is InChI=1S/C23H21NO6S2/c1-16-3-13-22(31-16)21(25)15-30-23(26)14-6-17-4-11-20(12-5-17)32(27,28)24-18-7-9-19(29-2)10-8-18/h3-14,24H,15H2,1-2H3/b14-6+. The second kappa shape index (κ2) is 10.3. The van der Waals surface area contributed by atoms with Crippen LogP contribution in [0.2, 0.25) is 0 Å². The first-order valence-corrected chi connectivity index (χ1v) is 11.8. The zero-order chi connectivity index (χ0) is 23.1. The lowest BCUT2D eigenvalue weighted by molar-refractivity contribution is -0.136. The molecule has 32 heavy (non-hydrogen) atoms. The van der Waals surface area contributed by atoms with E-state index >= 15 is 0 Å². The number of methoxy groups -OCH3 is 1. The Bertz CT molecular complexity index is 1230. The van der Waals surface area contributed by atoms with Gasteiger partial charge in [-0.3, -0.25) is 9.52 Å². The van der Waals surface area contributed by atoms with Crippen molar-refractivity contribution in [2.75, 3.05) is 18.4 Å². The molecule has 2 aromatic carbocycles. The molecule has 3 aromatic rings. The average molecular weight is 472 g/mol. The number of aryl methyl sites for hydroxylation is 1. The molecule has 0 saturated heterocycles. The minimum atomic E-state index is -3.77. The number of Topliss-reactive ketones (excluding diaryl/α,β-unsaturated/α-hetero) is 1. The molecule has 9 heteroatoms. The number of nitrogens with one attached hydrogen (secondary N) is 1. The third kappa shape index (κ3) is 6.29. The van der Waals surface area contributed by atoms with Crippen molar-refractivity contribution in [1.29, 1.82) is 0 Å². The summed E-state index contributed by atoms with van der Waals surface area (Å²) in [6.07, 6.45) is 2.67. The van der Waals surface area contributed by atoms with Gasteiger partial charge in [-0.15, -0.1) is 11.3 Å². The summed E-state index contributed by atoms with van der Waals surface area (Å²) in [4.78, 5) is 25.4.